The van der Waals surface area contributed by atoms with Crippen LogP contribution in [-0.4, -0.2) is 39.7 Å². The van der Waals surface area contributed by atoms with Gasteiger partial charge in [0.25, 0.3) is 5.91 Å². The number of methoxy groups -OCH3 is 1. The zero-order valence-corrected chi connectivity index (χ0v) is 15.4. The number of hydrogen-bond acceptors (Lipinski definition) is 4. The first-order valence-corrected chi connectivity index (χ1v) is 8.38. The standard InChI is InChI=1S/C20H22N4O2/c1-14-18(15(2)24(22-14)16-9-6-5-7-10-16)13-23(3)20(25)17-11-8-12-21-19(17)26-4/h5-12H,13H2,1-4H3. The molecule has 0 aliphatic heterocycles. The van der Waals surface area contributed by atoms with Crippen LogP contribution in [0.2, 0.25) is 0 Å². The van der Waals surface area contributed by atoms with Crippen molar-refractivity contribution in [1.82, 2.24) is 19.7 Å². The van der Waals surface area contributed by atoms with E-state index >= 15 is 0 Å². The molecule has 0 spiro atoms. The van der Waals surface area contributed by atoms with Gasteiger partial charge in [-0.05, 0) is 38.1 Å². The van der Waals surface area contributed by atoms with Gasteiger partial charge in [0.1, 0.15) is 5.56 Å². The van der Waals surface area contributed by atoms with Crippen LogP contribution in [0.15, 0.2) is 48.7 Å². The topological polar surface area (TPSA) is 60.2 Å². The number of pyridine rings is 1. The molecule has 6 nitrogen and oxygen atoms in total. The Balaban J connectivity index is 1.87. The van der Waals surface area contributed by atoms with Crippen LogP contribution < -0.4 is 4.74 Å². The maximum atomic E-state index is 12.8. The minimum Gasteiger partial charge on any atom is -0.480 e. The summed E-state index contributed by atoms with van der Waals surface area (Å²) in [7, 11) is 3.28. The third-order valence-electron chi connectivity index (χ3n) is 4.38. The molecule has 134 valence electrons. The number of rotatable bonds is 5. The Morgan fingerprint density at radius 2 is 1.88 bits per heavy atom. The van der Waals surface area contributed by atoms with Gasteiger partial charge in [-0.25, -0.2) is 9.67 Å². The monoisotopic (exact) mass is 350 g/mol. The molecule has 2 aromatic heterocycles. The maximum absolute atomic E-state index is 12.8. The molecule has 6 heteroatoms. The molecule has 3 rings (SSSR count). The fraction of sp³-hybridized carbons (Fsp3) is 0.250. The first-order chi connectivity index (χ1) is 12.5. The third kappa shape index (κ3) is 3.31. The zero-order valence-electron chi connectivity index (χ0n) is 15.4. The van der Waals surface area contributed by atoms with Gasteiger partial charge in [0.15, 0.2) is 0 Å². The molecule has 3 aromatic rings. The Morgan fingerprint density at radius 3 is 2.58 bits per heavy atom. The van der Waals surface area contributed by atoms with Crippen molar-refractivity contribution in [3.8, 4) is 11.6 Å². The lowest BCUT2D eigenvalue weighted by Gasteiger charge is -2.18. The van der Waals surface area contributed by atoms with Crippen molar-refractivity contribution >= 4 is 5.91 Å². The molecule has 0 unspecified atom stereocenters. The molecule has 0 atom stereocenters. The number of benzene rings is 1. The Morgan fingerprint density at radius 1 is 1.15 bits per heavy atom. The summed E-state index contributed by atoms with van der Waals surface area (Å²) in [6, 6.07) is 13.4. The van der Waals surface area contributed by atoms with E-state index < -0.39 is 0 Å². The lowest BCUT2D eigenvalue weighted by molar-refractivity contribution is 0.0780. The van der Waals surface area contributed by atoms with Crippen LogP contribution in [0.3, 0.4) is 0 Å². The summed E-state index contributed by atoms with van der Waals surface area (Å²) in [5.41, 5.74) is 4.41. The van der Waals surface area contributed by atoms with Gasteiger partial charge in [0.2, 0.25) is 5.88 Å². The second-order valence-corrected chi connectivity index (χ2v) is 6.12. The molecule has 26 heavy (non-hydrogen) atoms. The summed E-state index contributed by atoms with van der Waals surface area (Å²) in [6.45, 7) is 4.44. The normalized spacial score (nSPS) is 10.6. The lowest BCUT2D eigenvalue weighted by Crippen LogP contribution is -2.27. The molecule has 0 aliphatic rings. The number of carbonyl (C=O) groups excluding carboxylic acids is 1. The first kappa shape index (κ1) is 17.7. The van der Waals surface area contributed by atoms with E-state index in [0.29, 0.717) is 18.0 Å². The van der Waals surface area contributed by atoms with E-state index in [1.54, 1.807) is 30.3 Å². The van der Waals surface area contributed by atoms with Gasteiger partial charge in [-0.3, -0.25) is 4.79 Å². The first-order valence-electron chi connectivity index (χ1n) is 8.38. The molecule has 0 saturated heterocycles. The van der Waals surface area contributed by atoms with Crippen molar-refractivity contribution in [3.63, 3.8) is 0 Å². The van der Waals surface area contributed by atoms with Crippen molar-refractivity contribution in [2.24, 2.45) is 0 Å². The number of aryl methyl sites for hydroxylation is 1. The number of aromatic nitrogens is 3. The number of nitrogens with zero attached hydrogens (tertiary/aromatic N) is 4. The minimum atomic E-state index is -0.138. The highest BCUT2D eigenvalue weighted by Gasteiger charge is 2.20. The molecule has 1 aromatic carbocycles. The molecule has 0 N–H and O–H groups in total. The van der Waals surface area contributed by atoms with Gasteiger partial charge < -0.3 is 9.64 Å². The number of ether oxygens (including phenoxy) is 1. The molecule has 0 radical (unpaired) electrons. The third-order valence-corrected chi connectivity index (χ3v) is 4.38. The van der Waals surface area contributed by atoms with E-state index in [1.807, 2.05) is 48.9 Å². The van der Waals surface area contributed by atoms with Crippen LogP contribution in [-0.2, 0) is 6.54 Å². The Labute approximate surface area is 153 Å². The highest BCUT2D eigenvalue weighted by molar-refractivity contribution is 5.96. The van der Waals surface area contributed by atoms with Gasteiger partial charge in [0, 0.05) is 31.0 Å². The zero-order chi connectivity index (χ0) is 18.7. The fourth-order valence-electron chi connectivity index (χ4n) is 2.96. The molecule has 1 amide bonds. The van der Waals surface area contributed by atoms with Crippen LogP contribution in [0.4, 0.5) is 0 Å². The molecule has 0 aliphatic carbocycles. The Hall–Kier alpha value is -3.15. The smallest absolute Gasteiger partial charge is 0.259 e. The molecular formula is C20H22N4O2. The molecule has 0 fully saturated rings. The van der Waals surface area contributed by atoms with E-state index in [2.05, 4.69) is 10.1 Å². The quantitative estimate of drug-likeness (QED) is 0.709. The van der Waals surface area contributed by atoms with Gasteiger partial charge in [-0.1, -0.05) is 18.2 Å². The van der Waals surface area contributed by atoms with Crippen LogP contribution >= 0.6 is 0 Å². The predicted molar refractivity (Wildman–Crippen MR) is 99.6 cm³/mol. The van der Waals surface area contributed by atoms with Crippen molar-refractivity contribution in [1.29, 1.82) is 0 Å². The number of amides is 1. The summed E-state index contributed by atoms with van der Waals surface area (Å²) in [5.74, 6) is 0.194. The minimum absolute atomic E-state index is 0.138. The Kier molecular flexibility index (Phi) is 5.02. The highest BCUT2D eigenvalue weighted by atomic mass is 16.5. The number of hydrogen-bond donors (Lipinski definition) is 0. The van der Waals surface area contributed by atoms with E-state index in [0.717, 1.165) is 22.6 Å². The van der Waals surface area contributed by atoms with Gasteiger partial charge in [0.05, 0.1) is 18.5 Å². The van der Waals surface area contributed by atoms with Crippen molar-refractivity contribution < 1.29 is 9.53 Å². The molecule has 0 bridgehead atoms. The van der Waals surface area contributed by atoms with E-state index in [-0.39, 0.29) is 5.91 Å². The molecular weight excluding hydrogens is 328 g/mol. The summed E-state index contributed by atoms with van der Waals surface area (Å²) in [5, 5.41) is 4.64. The van der Waals surface area contributed by atoms with Crippen LogP contribution in [0.1, 0.15) is 27.3 Å². The fourth-order valence-corrected chi connectivity index (χ4v) is 2.96. The Bertz CT molecular complexity index is 919. The van der Waals surface area contributed by atoms with Crippen LogP contribution in [0.25, 0.3) is 5.69 Å². The number of para-hydroxylation sites is 1. The lowest BCUT2D eigenvalue weighted by atomic mass is 10.1. The van der Waals surface area contributed by atoms with Gasteiger partial charge in [-0.2, -0.15) is 5.10 Å². The van der Waals surface area contributed by atoms with Gasteiger partial charge in [-0.15, -0.1) is 0 Å². The SMILES string of the molecule is COc1ncccc1C(=O)N(C)Cc1c(C)nn(-c2ccccc2)c1C. The summed E-state index contributed by atoms with van der Waals surface area (Å²) in [4.78, 5) is 18.6. The van der Waals surface area contributed by atoms with Crippen molar-refractivity contribution in [2.75, 3.05) is 14.2 Å². The number of carbonyl (C=O) groups is 1. The largest absolute Gasteiger partial charge is 0.480 e. The maximum Gasteiger partial charge on any atom is 0.259 e. The van der Waals surface area contributed by atoms with Crippen molar-refractivity contribution in [3.05, 3.63) is 71.2 Å². The molecule has 0 saturated carbocycles. The van der Waals surface area contributed by atoms with Crippen LogP contribution in [0.5, 0.6) is 5.88 Å². The molecule has 2 heterocycles. The highest BCUT2D eigenvalue weighted by Crippen LogP contribution is 2.21. The predicted octanol–water partition coefficient (Wildman–Crippen LogP) is 3.16. The summed E-state index contributed by atoms with van der Waals surface area (Å²) in [6.07, 6.45) is 1.60. The second kappa shape index (κ2) is 7.39. The average molecular weight is 350 g/mol. The second-order valence-electron chi connectivity index (χ2n) is 6.12. The van der Waals surface area contributed by atoms with Crippen LogP contribution in [0, 0.1) is 13.8 Å². The summed E-state index contributed by atoms with van der Waals surface area (Å²) >= 11 is 0. The van der Waals surface area contributed by atoms with Gasteiger partial charge >= 0.3 is 0 Å². The average Bonchev–Trinajstić information content (AvgIpc) is 2.96. The van der Waals surface area contributed by atoms with Crippen molar-refractivity contribution in [2.45, 2.75) is 20.4 Å². The van der Waals surface area contributed by atoms with E-state index in [1.165, 1.54) is 7.11 Å². The van der Waals surface area contributed by atoms with E-state index in [4.69, 9.17) is 4.74 Å². The summed E-state index contributed by atoms with van der Waals surface area (Å²) < 4.78 is 7.11. The van der Waals surface area contributed by atoms with E-state index in [9.17, 15) is 4.79 Å².